The van der Waals surface area contributed by atoms with Gasteiger partial charge in [0.25, 0.3) is 0 Å². The molecule has 58 valence electrons. The van der Waals surface area contributed by atoms with Gasteiger partial charge in [-0.15, -0.1) is 0 Å². The molecule has 0 aromatic heterocycles. The molecule has 0 saturated heterocycles. The van der Waals surface area contributed by atoms with Crippen LogP contribution >= 0.6 is 0 Å². The maximum atomic E-state index is 10.8. The van der Waals surface area contributed by atoms with Crippen molar-refractivity contribution < 1.29 is 9.53 Å². The molecule has 1 aliphatic carbocycles. The minimum Gasteiger partial charge on any atom is -0.466 e. The van der Waals surface area contributed by atoms with Crippen molar-refractivity contribution >= 4 is 5.97 Å². The maximum Gasteiger partial charge on any atom is 0.340 e. The Morgan fingerprint density at radius 1 is 1.73 bits per heavy atom. The fraction of sp³-hybridized carbons (Fsp3) is 0.500. The predicted octanol–water partition coefficient (Wildman–Crippen LogP) is 1.52. The zero-order valence-electron chi connectivity index (χ0n) is 6.07. The Bertz CT molecular complexity index is 257. The van der Waals surface area contributed by atoms with Gasteiger partial charge in [-0.25, -0.2) is 4.79 Å². The highest BCUT2D eigenvalue weighted by molar-refractivity contribution is 5.89. The highest BCUT2D eigenvalue weighted by Gasteiger charge is 2.22. The first kappa shape index (κ1) is 7.63. The van der Waals surface area contributed by atoms with E-state index < -0.39 is 5.97 Å². The standard InChI is InChI=1S/C6H7N3O2/c1-11-6(10)5(8-9-7)4-2-3-4/h2-3H2,1H3. The molecular formula is C6H7N3O2. The van der Waals surface area contributed by atoms with Crippen molar-refractivity contribution in [2.45, 2.75) is 12.8 Å². The van der Waals surface area contributed by atoms with Crippen LogP contribution in [0.1, 0.15) is 12.8 Å². The molecule has 0 aliphatic heterocycles. The van der Waals surface area contributed by atoms with Crippen LogP contribution in [0.5, 0.6) is 0 Å². The molecule has 0 bridgehead atoms. The van der Waals surface area contributed by atoms with Crippen molar-refractivity contribution in [1.29, 1.82) is 0 Å². The monoisotopic (exact) mass is 153 g/mol. The third kappa shape index (κ3) is 1.72. The number of hydrogen-bond acceptors (Lipinski definition) is 3. The quantitative estimate of drug-likeness (QED) is 0.198. The van der Waals surface area contributed by atoms with Crippen LogP contribution in [0.25, 0.3) is 10.4 Å². The molecule has 1 saturated carbocycles. The van der Waals surface area contributed by atoms with Crippen molar-refractivity contribution in [3.63, 3.8) is 0 Å². The fourth-order valence-electron chi connectivity index (χ4n) is 0.697. The molecule has 0 spiro atoms. The van der Waals surface area contributed by atoms with Crippen LogP contribution in [-0.4, -0.2) is 13.1 Å². The summed E-state index contributed by atoms with van der Waals surface area (Å²) in [6.45, 7) is 0. The summed E-state index contributed by atoms with van der Waals surface area (Å²) in [5.74, 6) is -0.546. The number of carbonyl (C=O) groups is 1. The Hall–Kier alpha value is -1.48. The number of nitrogens with zero attached hydrogens (tertiary/aromatic N) is 3. The van der Waals surface area contributed by atoms with Crippen LogP contribution in [0, 0.1) is 0 Å². The van der Waals surface area contributed by atoms with Gasteiger partial charge < -0.3 is 4.74 Å². The number of allylic oxidation sites excluding steroid dienone is 1. The number of rotatable bonds is 2. The first-order valence-electron chi connectivity index (χ1n) is 3.15. The summed E-state index contributed by atoms with van der Waals surface area (Å²) in [6.07, 6.45) is 1.67. The van der Waals surface area contributed by atoms with E-state index in [0.717, 1.165) is 18.4 Å². The number of methoxy groups -OCH3 is 1. The maximum absolute atomic E-state index is 10.8. The van der Waals surface area contributed by atoms with Gasteiger partial charge in [0.05, 0.1) is 7.11 Å². The smallest absolute Gasteiger partial charge is 0.340 e. The second-order valence-electron chi connectivity index (χ2n) is 2.13. The Balaban J connectivity index is 2.85. The largest absolute Gasteiger partial charge is 0.466 e. The number of ether oxygens (including phenoxy) is 1. The van der Waals surface area contributed by atoms with Crippen molar-refractivity contribution in [2.24, 2.45) is 5.11 Å². The van der Waals surface area contributed by atoms with E-state index in [4.69, 9.17) is 5.53 Å². The molecule has 1 rings (SSSR count). The molecule has 1 aliphatic rings. The zero-order chi connectivity index (χ0) is 8.27. The summed E-state index contributed by atoms with van der Waals surface area (Å²) >= 11 is 0. The van der Waals surface area contributed by atoms with E-state index in [1.807, 2.05) is 0 Å². The first-order valence-corrected chi connectivity index (χ1v) is 3.15. The van der Waals surface area contributed by atoms with E-state index in [0.29, 0.717) is 0 Å². The third-order valence-electron chi connectivity index (χ3n) is 1.36. The van der Waals surface area contributed by atoms with Gasteiger partial charge in [0.2, 0.25) is 0 Å². The van der Waals surface area contributed by atoms with Crippen molar-refractivity contribution in [1.82, 2.24) is 0 Å². The van der Waals surface area contributed by atoms with Gasteiger partial charge in [0.1, 0.15) is 5.70 Å². The summed E-state index contributed by atoms with van der Waals surface area (Å²) in [7, 11) is 1.26. The van der Waals surface area contributed by atoms with Crippen LogP contribution in [0.4, 0.5) is 0 Å². The van der Waals surface area contributed by atoms with E-state index in [1.165, 1.54) is 7.11 Å². The Morgan fingerprint density at radius 3 is 2.73 bits per heavy atom. The van der Waals surface area contributed by atoms with Crippen molar-refractivity contribution in [3.05, 3.63) is 21.7 Å². The van der Waals surface area contributed by atoms with E-state index >= 15 is 0 Å². The van der Waals surface area contributed by atoms with E-state index in [2.05, 4.69) is 14.8 Å². The molecule has 1 fully saturated rings. The van der Waals surface area contributed by atoms with Gasteiger partial charge in [-0.3, -0.25) is 0 Å². The van der Waals surface area contributed by atoms with Crippen LogP contribution < -0.4 is 0 Å². The number of azide groups is 1. The lowest BCUT2D eigenvalue weighted by atomic mass is 10.4. The predicted molar refractivity (Wildman–Crippen MR) is 37.4 cm³/mol. The normalized spacial score (nSPS) is 13.4. The van der Waals surface area contributed by atoms with Crippen LogP contribution in [0.2, 0.25) is 0 Å². The second kappa shape index (κ2) is 3.07. The summed E-state index contributed by atoms with van der Waals surface area (Å²) in [5.41, 5.74) is 9.09. The molecule has 0 N–H and O–H groups in total. The van der Waals surface area contributed by atoms with E-state index in [1.54, 1.807) is 0 Å². The fourth-order valence-corrected chi connectivity index (χ4v) is 0.697. The molecule has 0 aromatic rings. The first-order chi connectivity index (χ1) is 5.29. The summed E-state index contributed by atoms with van der Waals surface area (Å²) in [6, 6.07) is 0. The van der Waals surface area contributed by atoms with Gasteiger partial charge in [-0.2, -0.15) is 0 Å². The molecule has 0 aromatic carbocycles. The summed E-state index contributed by atoms with van der Waals surface area (Å²) in [5, 5.41) is 3.24. The lowest BCUT2D eigenvalue weighted by Gasteiger charge is -1.94. The summed E-state index contributed by atoms with van der Waals surface area (Å²) < 4.78 is 4.40. The van der Waals surface area contributed by atoms with Gasteiger partial charge in [0, 0.05) is 4.91 Å². The van der Waals surface area contributed by atoms with Gasteiger partial charge >= 0.3 is 5.97 Å². The van der Waals surface area contributed by atoms with E-state index in [-0.39, 0.29) is 5.70 Å². The van der Waals surface area contributed by atoms with E-state index in [9.17, 15) is 4.79 Å². The third-order valence-corrected chi connectivity index (χ3v) is 1.36. The number of hydrogen-bond donors (Lipinski definition) is 0. The minimum atomic E-state index is -0.546. The van der Waals surface area contributed by atoms with Crippen LogP contribution in [-0.2, 0) is 9.53 Å². The molecule has 0 radical (unpaired) electrons. The second-order valence-corrected chi connectivity index (χ2v) is 2.13. The van der Waals surface area contributed by atoms with Gasteiger partial charge in [0.15, 0.2) is 0 Å². The van der Waals surface area contributed by atoms with Crippen LogP contribution in [0.3, 0.4) is 0 Å². The Kier molecular flexibility index (Phi) is 2.13. The molecule has 0 amide bonds. The summed E-state index contributed by atoms with van der Waals surface area (Å²) in [4.78, 5) is 13.4. The number of carbonyl (C=O) groups excluding carboxylic acids is 1. The Labute approximate surface area is 63.3 Å². The SMILES string of the molecule is COC(=O)C(N=[N+]=[N-])=C1CC1. The number of esters is 1. The Morgan fingerprint density at radius 2 is 2.36 bits per heavy atom. The average molecular weight is 153 g/mol. The molecule has 11 heavy (non-hydrogen) atoms. The van der Waals surface area contributed by atoms with Crippen LogP contribution in [0.15, 0.2) is 16.4 Å². The highest BCUT2D eigenvalue weighted by atomic mass is 16.5. The van der Waals surface area contributed by atoms with Gasteiger partial charge in [-0.05, 0) is 18.4 Å². The van der Waals surface area contributed by atoms with Gasteiger partial charge in [-0.1, -0.05) is 10.7 Å². The lowest BCUT2D eigenvalue weighted by Crippen LogP contribution is -2.01. The van der Waals surface area contributed by atoms with Crippen molar-refractivity contribution in [2.75, 3.05) is 7.11 Å². The molecule has 0 heterocycles. The highest BCUT2D eigenvalue weighted by Crippen LogP contribution is 2.32. The molecule has 5 nitrogen and oxygen atoms in total. The minimum absolute atomic E-state index is 0.134. The molecule has 5 heteroatoms. The average Bonchev–Trinajstić information content (AvgIpc) is 2.81. The molecule has 0 atom stereocenters. The topological polar surface area (TPSA) is 75.1 Å². The molecule has 0 unspecified atom stereocenters. The molecular weight excluding hydrogens is 146 g/mol. The lowest BCUT2D eigenvalue weighted by molar-refractivity contribution is -0.136. The zero-order valence-corrected chi connectivity index (χ0v) is 6.07. The van der Waals surface area contributed by atoms with Crippen molar-refractivity contribution in [3.8, 4) is 0 Å².